The van der Waals surface area contributed by atoms with Gasteiger partial charge < -0.3 is 5.11 Å². The molecule has 0 fully saturated rings. The molecule has 1 aromatic heterocycles. The smallest absolute Gasteiger partial charge is 0.323 e. The summed E-state index contributed by atoms with van der Waals surface area (Å²) in [5.41, 5.74) is 0. The highest BCUT2D eigenvalue weighted by molar-refractivity contribution is 5.66. The van der Waals surface area contributed by atoms with Gasteiger partial charge in [-0.05, 0) is 0 Å². The van der Waals surface area contributed by atoms with Gasteiger partial charge in [-0.2, -0.15) is 4.39 Å². The predicted molar refractivity (Wildman–Crippen MR) is 29.8 cm³/mol. The van der Waals surface area contributed by atoms with E-state index < -0.39 is 12.0 Å². The minimum Gasteiger partial charge on any atom is -0.480 e. The lowest BCUT2D eigenvalue weighted by atomic mass is 10.6. The molecule has 1 N–H and O–H groups in total. The highest BCUT2D eigenvalue weighted by Gasteiger charge is 2.03. The van der Waals surface area contributed by atoms with Gasteiger partial charge in [0.2, 0.25) is 0 Å². The molecule has 0 bridgehead atoms. The van der Waals surface area contributed by atoms with Gasteiger partial charge in [0.15, 0.2) is 0 Å². The van der Waals surface area contributed by atoms with Gasteiger partial charge >= 0.3 is 5.97 Å². The van der Waals surface area contributed by atoms with E-state index in [-0.39, 0.29) is 6.54 Å². The lowest BCUT2D eigenvalue weighted by Gasteiger charge is -1.94. The largest absolute Gasteiger partial charge is 0.480 e. The van der Waals surface area contributed by atoms with Gasteiger partial charge in [0, 0.05) is 12.4 Å². The van der Waals surface area contributed by atoms with Crippen LogP contribution in [0.15, 0.2) is 12.4 Å². The zero-order valence-corrected chi connectivity index (χ0v) is 4.99. The van der Waals surface area contributed by atoms with Crippen LogP contribution in [0.2, 0.25) is 0 Å². The molecule has 0 aliphatic rings. The van der Waals surface area contributed by atoms with Crippen LogP contribution in [0.25, 0.3) is 0 Å². The lowest BCUT2D eigenvalue weighted by Crippen LogP contribution is -2.09. The second-order valence-corrected chi connectivity index (χ2v) is 1.72. The molecule has 10 heavy (non-hydrogen) atoms. The summed E-state index contributed by atoms with van der Waals surface area (Å²) in [7, 11) is 0. The molecule has 1 rings (SSSR count). The van der Waals surface area contributed by atoms with Gasteiger partial charge in [0.05, 0.1) is 0 Å². The number of hydrogen-bond acceptors (Lipinski definition) is 2. The summed E-state index contributed by atoms with van der Waals surface area (Å²) in [5, 5.41) is 8.19. The van der Waals surface area contributed by atoms with E-state index in [0.717, 1.165) is 4.57 Å². The molecular weight excluding hydrogens is 139 g/mol. The Labute approximate surface area is 55.9 Å². The van der Waals surface area contributed by atoms with Gasteiger partial charge in [0.25, 0.3) is 6.08 Å². The molecule has 0 saturated carbocycles. The number of nitrogens with zero attached hydrogens (tertiary/aromatic N) is 2. The molecule has 0 aliphatic heterocycles. The van der Waals surface area contributed by atoms with Crippen molar-refractivity contribution in [3.63, 3.8) is 0 Å². The normalized spacial score (nSPS) is 9.70. The van der Waals surface area contributed by atoms with Crippen molar-refractivity contribution in [2.45, 2.75) is 6.54 Å². The van der Waals surface area contributed by atoms with Crippen molar-refractivity contribution in [2.75, 3.05) is 0 Å². The fourth-order valence-electron chi connectivity index (χ4n) is 0.575. The molecule has 0 aliphatic carbocycles. The number of carboxylic acids is 1. The van der Waals surface area contributed by atoms with E-state index in [0.29, 0.717) is 0 Å². The zero-order valence-electron chi connectivity index (χ0n) is 4.99. The monoisotopic (exact) mass is 144 g/mol. The van der Waals surface area contributed by atoms with Crippen molar-refractivity contribution in [1.82, 2.24) is 9.55 Å². The lowest BCUT2D eigenvalue weighted by molar-refractivity contribution is -0.137. The Balaban J connectivity index is 2.74. The predicted octanol–water partition coefficient (Wildman–Crippen LogP) is 0.107. The molecule has 0 spiro atoms. The first-order valence-corrected chi connectivity index (χ1v) is 2.58. The first kappa shape index (κ1) is 6.73. The van der Waals surface area contributed by atoms with Crippen LogP contribution in [0, 0.1) is 6.08 Å². The summed E-state index contributed by atoms with van der Waals surface area (Å²) in [6.45, 7) is -0.383. The highest BCUT2D eigenvalue weighted by atomic mass is 19.1. The van der Waals surface area contributed by atoms with E-state index in [4.69, 9.17) is 5.11 Å². The summed E-state index contributed by atoms with van der Waals surface area (Å²) in [6, 6.07) is 0. The fourth-order valence-corrected chi connectivity index (χ4v) is 0.575. The van der Waals surface area contributed by atoms with Crippen LogP contribution in [0.1, 0.15) is 0 Å². The average molecular weight is 144 g/mol. The van der Waals surface area contributed by atoms with E-state index in [9.17, 15) is 9.18 Å². The highest BCUT2D eigenvalue weighted by Crippen LogP contribution is 1.93. The molecule has 0 atom stereocenters. The average Bonchev–Trinajstić information content (AvgIpc) is 2.15. The van der Waals surface area contributed by atoms with E-state index in [1.165, 1.54) is 12.4 Å². The number of rotatable bonds is 2. The van der Waals surface area contributed by atoms with Crippen molar-refractivity contribution in [2.24, 2.45) is 0 Å². The van der Waals surface area contributed by atoms with Gasteiger partial charge in [-0.3, -0.25) is 9.36 Å². The van der Waals surface area contributed by atoms with E-state index in [1.54, 1.807) is 0 Å². The van der Waals surface area contributed by atoms with E-state index in [2.05, 4.69) is 4.98 Å². The number of carboxylic acid groups (broad SMARTS) is 1. The summed E-state index contributed by atoms with van der Waals surface area (Å²) in [4.78, 5) is 13.2. The van der Waals surface area contributed by atoms with E-state index >= 15 is 0 Å². The molecular formula is C5H5FN2O2. The third-order valence-corrected chi connectivity index (χ3v) is 0.970. The minimum absolute atomic E-state index is 0.383. The molecule has 0 radical (unpaired) electrons. The van der Waals surface area contributed by atoms with E-state index in [1.807, 2.05) is 0 Å². The van der Waals surface area contributed by atoms with Crippen LogP contribution in [0.3, 0.4) is 0 Å². The van der Waals surface area contributed by atoms with Crippen LogP contribution in [0.5, 0.6) is 0 Å². The third-order valence-electron chi connectivity index (χ3n) is 0.970. The molecule has 1 heterocycles. The van der Waals surface area contributed by atoms with Gasteiger partial charge in [0.1, 0.15) is 6.54 Å². The summed E-state index contributed by atoms with van der Waals surface area (Å²) < 4.78 is 13.2. The Morgan fingerprint density at radius 2 is 2.60 bits per heavy atom. The molecule has 54 valence electrons. The van der Waals surface area contributed by atoms with Crippen LogP contribution in [-0.4, -0.2) is 20.6 Å². The first-order valence-electron chi connectivity index (χ1n) is 2.58. The van der Waals surface area contributed by atoms with Gasteiger partial charge in [-0.1, -0.05) is 0 Å². The number of aliphatic carboxylic acids is 1. The van der Waals surface area contributed by atoms with Gasteiger partial charge in [-0.15, -0.1) is 0 Å². The van der Waals surface area contributed by atoms with Crippen LogP contribution < -0.4 is 0 Å². The zero-order chi connectivity index (χ0) is 7.56. The number of carbonyl (C=O) groups is 1. The topological polar surface area (TPSA) is 55.1 Å². The summed E-state index contributed by atoms with van der Waals surface area (Å²) in [6.07, 6.45) is 1.70. The minimum atomic E-state index is -1.09. The maximum atomic E-state index is 12.3. The van der Waals surface area contributed by atoms with Crippen molar-refractivity contribution >= 4 is 5.97 Å². The molecule has 0 aromatic carbocycles. The molecule has 4 nitrogen and oxygen atoms in total. The first-order chi connectivity index (χ1) is 4.70. The Morgan fingerprint density at radius 3 is 3.00 bits per heavy atom. The molecule has 0 saturated heterocycles. The molecule has 5 heteroatoms. The quantitative estimate of drug-likeness (QED) is 0.640. The standard InChI is InChI=1S/C5H5FN2O2/c6-5-7-1-2-8(5)3-4(9)10/h1-2H,3H2,(H,9,10). The second-order valence-electron chi connectivity index (χ2n) is 1.72. The van der Waals surface area contributed by atoms with Gasteiger partial charge in [-0.25, -0.2) is 4.98 Å². The van der Waals surface area contributed by atoms with Crippen molar-refractivity contribution in [3.05, 3.63) is 18.5 Å². The van der Waals surface area contributed by atoms with Crippen molar-refractivity contribution < 1.29 is 14.3 Å². The Bertz CT molecular complexity index is 246. The van der Waals surface area contributed by atoms with Crippen LogP contribution in [-0.2, 0) is 11.3 Å². The van der Waals surface area contributed by atoms with Crippen molar-refractivity contribution in [3.8, 4) is 0 Å². The van der Waals surface area contributed by atoms with Crippen LogP contribution >= 0.6 is 0 Å². The summed E-state index contributed by atoms with van der Waals surface area (Å²) >= 11 is 0. The SMILES string of the molecule is O=C(O)Cn1ccnc1F. The van der Waals surface area contributed by atoms with Crippen molar-refractivity contribution in [1.29, 1.82) is 0 Å². The number of aromatic nitrogens is 2. The van der Waals surface area contributed by atoms with Crippen LogP contribution in [0.4, 0.5) is 4.39 Å². The maximum Gasteiger partial charge on any atom is 0.323 e. The Kier molecular flexibility index (Phi) is 1.66. The molecule has 1 aromatic rings. The number of halogens is 1. The Morgan fingerprint density at radius 1 is 1.90 bits per heavy atom. The second kappa shape index (κ2) is 2.47. The Hall–Kier alpha value is -1.39. The fraction of sp³-hybridized carbons (Fsp3) is 0.200. The molecule has 0 amide bonds. The maximum absolute atomic E-state index is 12.3. The molecule has 0 unspecified atom stereocenters. The summed E-state index contributed by atoms with van der Waals surface area (Å²) in [5.74, 6) is -1.09. The number of hydrogen-bond donors (Lipinski definition) is 1. The third kappa shape index (κ3) is 1.31. The number of imidazole rings is 1.